The lowest BCUT2D eigenvalue weighted by molar-refractivity contribution is -0.121. The Bertz CT molecular complexity index is 596. The van der Waals surface area contributed by atoms with Crippen molar-refractivity contribution in [1.29, 1.82) is 0 Å². The maximum atomic E-state index is 11.9. The third kappa shape index (κ3) is 5.58. The highest BCUT2D eigenvalue weighted by Crippen LogP contribution is 2.19. The molecule has 23 heavy (non-hydrogen) atoms. The number of hydrogen-bond donors (Lipinski definition) is 1. The second-order valence-corrected chi connectivity index (χ2v) is 8.17. The first-order valence-corrected chi connectivity index (χ1v) is 9.75. The summed E-state index contributed by atoms with van der Waals surface area (Å²) in [6.45, 7) is 3.43. The first-order chi connectivity index (χ1) is 11.0. The van der Waals surface area contributed by atoms with Gasteiger partial charge < -0.3 is 5.32 Å². The molecule has 1 amide bonds. The lowest BCUT2D eigenvalue weighted by Gasteiger charge is -2.31. The van der Waals surface area contributed by atoms with Crippen molar-refractivity contribution in [3.63, 3.8) is 0 Å². The minimum atomic E-state index is -3.08. The van der Waals surface area contributed by atoms with E-state index in [0.717, 1.165) is 18.4 Å². The van der Waals surface area contributed by atoms with Crippen LogP contribution in [0.1, 0.15) is 31.7 Å². The second kappa shape index (κ2) is 8.40. The smallest absolute Gasteiger partial charge is 0.220 e. The summed E-state index contributed by atoms with van der Waals surface area (Å²) in [5.74, 6) is 0.557. The first-order valence-electron chi connectivity index (χ1n) is 8.14. The number of pyridine rings is 1. The number of nitrogens with zero attached hydrogens (tertiary/aromatic N) is 2. The van der Waals surface area contributed by atoms with Gasteiger partial charge in [-0.3, -0.25) is 9.78 Å². The van der Waals surface area contributed by atoms with E-state index in [1.807, 2.05) is 12.1 Å². The molecule has 2 heterocycles. The summed E-state index contributed by atoms with van der Waals surface area (Å²) in [4.78, 5) is 15.9. The van der Waals surface area contributed by atoms with E-state index in [1.165, 1.54) is 0 Å². The molecule has 0 saturated carbocycles. The molecule has 0 atom stereocenters. The van der Waals surface area contributed by atoms with Crippen molar-refractivity contribution >= 4 is 15.9 Å². The lowest BCUT2D eigenvalue weighted by atomic mass is 9.98. The number of sulfonamides is 1. The Morgan fingerprint density at radius 2 is 2.13 bits per heavy atom. The number of piperidine rings is 1. The van der Waals surface area contributed by atoms with Crippen molar-refractivity contribution in [2.45, 2.75) is 32.6 Å². The molecule has 0 aliphatic carbocycles. The van der Waals surface area contributed by atoms with Crippen LogP contribution in [-0.2, 0) is 21.2 Å². The first kappa shape index (κ1) is 17.9. The van der Waals surface area contributed by atoms with Crippen molar-refractivity contribution < 1.29 is 13.2 Å². The lowest BCUT2D eigenvalue weighted by Crippen LogP contribution is -2.42. The van der Waals surface area contributed by atoms with Crippen LogP contribution in [-0.4, -0.2) is 49.0 Å². The number of carbonyl (C=O) groups is 1. The van der Waals surface area contributed by atoms with Gasteiger partial charge in [-0.2, -0.15) is 0 Å². The molecule has 6 nitrogen and oxygen atoms in total. The summed E-state index contributed by atoms with van der Waals surface area (Å²) in [6.07, 6.45) is 6.25. The van der Waals surface area contributed by atoms with Crippen LogP contribution in [0.5, 0.6) is 0 Å². The number of aryl methyl sites for hydroxylation is 1. The van der Waals surface area contributed by atoms with Crippen LogP contribution in [0.2, 0.25) is 0 Å². The highest BCUT2D eigenvalue weighted by molar-refractivity contribution is 7.89. The normalized spacial score (nSPS) is 17.1. The summed E-state index contributed by atoms with van der Waals surface area (Å²) >= 11 is 0. The van der Waals surface area contributed by atoms with Crippen molar-refractivity contribution in [2.75, 3.05) is 25.4 Å². The van der Waals surface area contributed by atoms with Crippen molar-refractivity contribution in [2.24, 2.45) is 5.92 Å². The van der Waals surface area contributed by atoms with Crippen molar-refractivity contribution in [3.05, 3.63) is 30.1 Å². The highest BCUT2D eigenvalue weighted by atomic mass is 32.2. The Kier molecular flexibility index (Phi) is 6.53. The standard InChI is InChI=1S/C16H25N3O3S/c1-2-23(21,22)19-10-7-15(8-11-19)13-18-16(20)6-5-14-4-3-9-17-12-14/h3-4,9,12,15H,2,5-8,10-11,13H2,1H3,(H,18,20). The number of amides is 1. The summed E-state index contributed by atoms with van der Waals surface area (Å²) in [5, 5.41) is 2.96. The molecule has 128 valence electrons. The van der Waals surface area contributed by atoms with E-state index in [-0.39, 0.29) is 11.7 Å². The van der Waals surface area contributed by atoms with E-state index in [4.69, 9.17) is 0 Å². The quantitative estimate of drug-likeness (QED) is 0.809. The minimum absolute atomic E-state index is 0.0393. The van der Waals surface area contributed by atoms with Gasteiger partial charge in [0.15, 0.2) is 0 Å². The van der Waals surface area contributed by atoms with Crippen molar-refractivity contribution in [1.82, 2.24) is 14.6 Å². The molecule has 1 aliphatic rings. The zero-order valence-electron chi connectivity index (χ0n) is 13.6. The molecule has 0 unspecified atom stereocenters. The molecule has 1 N–H and O–H groups in total. The van der Waals surface area contributed by atoms with E-state index in [9.17, 15) is 13.2 Å². The molecule has 0 spiro atoms. The third-order valence-corrected chi connectivity index (χ3v) is 6.16. The van der Waals surface area contributed by atoms with E-state index in [2.05, 4.69) is 10.3 Å². The summed E-state index contributed by atoms with van der Waals surface area (Å²) in [7, 11) is -3.08. The van der Waals surface area contributed by atoms with Crippen LogP contribution in [0, 0.1) is 5.92 Å². The van der Waals surface area contributed by atoms with Crippen LogP contribution in [0.25, 0.3) is 0 Å². The fourth-order valence-electron chi connectivity index (χ4n) is 2.72. The van der Waals surface area contributed by atoms with Crippen LogP contribution in [0.15, 0.2) is 24.5 Å². The Morgan fingerprint density at radius 1 is 1.39 bits per heavy atom. The molecule has 1 aromatic rings. The second-order valence-electron chi connectivity index (χ2n) is 5.91. The van der Waals surface area contributed by atoms with Gasteiger partial charge in [0.05, 0.1) is 5.75 Å². The van der Waals surface area contributed by atoms with E-state index in [1.54, 1.807) is 23.6 Å². The Morgan fingerprint density at radius 3 is 2.74 bits per heavy atom. The Labute approximate surface area is 138 Å². The zero-order chi connectivity index (χ0) is 16.7. The molecular formula is C16H25N3O3S. The zero-order valence-corrected chi connectivity index (χ0v) is 14.4. The monoisotopic (exact) mass is 339 g/mol. The molecule has 1 aromatic heterocycles. The van der Waals surface area contributed by atoms with Crippen molar-refractivity contribution in [3.8, 4) is 0 Å². The molecule has 1 fully saturated rings. The van der Waals surface area contributed by atoms with Gasteiger partial charge in [-0.1, -0.05) is 6.07 Å². The largest absolute Gasteiger partial charge is 0.356 e. The fraction of sp³-hybridized carbons (Fsp3) is 0.625. The van der Waals surface area contributed by atoms with Crippen LogP contribution in [0.4, 0.5) is 0 Å². The fourth-order valence-corrected chi connectivity index (χ4v) is 3.86. The molecule has 0 bridgehead atoms. The molecule has 2 rings (SSSR count). The Balaban J connectivity index is 1.66. The van der Waals surface area contributed by atoms with Gasteiger partial charge in [-0.25, -0.2) is 12.7 Å². The van der Waals surface area contributed by atoms with Gasteiger partial charge in [0.1, 0.15) is 0 Å². The molecular weight excluding hydrogens is 314 g/mol. The summed E-state index contributed by atoms with van der Waals surface area (Å²) in [5.41, 5.74) is 1.06. The van der Waals surface area contributed by atoms with Gasteiger partial charge in [0.25, 0.3) is 0 Å². The number of carbonyl (C=O) groups excluding carboxylic acids is 1. The van der Waals surface area contributed by atoms with Gasteiger partial charge in [0.2, 0.25) is 15.9 Å². The SMILES string of the molecule is CCS(=O)(=O)N1CCC(CNC(=O)CCc2cccnc2)CC1. The molecule has 1 aliphatic heterocycles. The van der Waals surface area contributed by atoms with E-state index in [0.29, 0.717) is 38.4 Å². The van der Waals surface area contributed by atoms with E-state index < -0.39 is 10.0 Å². The topological polar surface area (TPSA) is 79.4 Å². The van der Waals surface area contributed by atoms with Gasteiger partial charge in [-0.05, 0) is 43.7 Å². The maximum Gasteiger partial charge on any atom is 0.220 e. The van der Waals surface area contributed by atoms with Gasteiger partial charge in [-0.15, -0.1) is 0 Å². The van der Waals surface area contributed by atoms with Crippen LogP contribution in [0.3, 0.4) is 0 Å². The molecule has 0 radical (unpaired) electrons. The van der Waals surface area contributed by atoms with Crippen LogP contribution >= 0.6 is 0 Å². The minimum Gasteiger partial charge on any atom is -0.356 e. The third-order valence-electron chi connectivity index (χ3n) is 4.28. The molecule has 0 aromatic carbocycles. The molecule has 1 saturated heterocycles. The van der Waals surface area contributed by atoms with E-state index >= 15 is 0 Å². The molecule has 7 heteroatoms. The predicted octanol–water partition coefficient (Wildman–Crippen LogP) is 1.19. The maximum absolute atomic E-state index is 11.9. The average molecular weight is 339 g/mol. The number of rotatable bonds is 7. The van der Waals surface area contributed by atoms with Gasteiger partial charge in [0, 0.05) is 38.4 Å². The number of aromatic nitrogens is 1. The van der Waals surface area contributed by atoms with Crippen LogP contribution < -0.4 is 5.32 Å². The number of hydrogen-bond acceptors (Lipinski definition) is 4. The predicted molar refractivity (Wildman–Crippen MR) is 89.3 cm³/mol. The highest BCUT2D eigenvalue weighted by Gasteiger charge is 2.26. The average Bonchev–Trinajstić information content (AvgIpc) is 2.59. The van der Waals surface area contributed by atoms with Gasteiger partial charge >= 0.3 is 0 Å². The Hall–Kier alpha value is -1.47. The summed E-state index contributed by atoms with van der Waals surface area (Å²) < 4.78 is 25.2. The summed E-state index contributed by atoms with van der Waals surface area (Å²) in [6, 6.07) is 3.83. The number of nitrogens with one attached hydrogen (secondary N) is 1.